The van der Waals surface area contributed by atoms with Gasteiger partial charge in [-0.15, -0.1) is 11.3 Å². The number of aromatic nitrogens is 2. The molecule has 1 aliphatic rings. The number of anilines is 3. The van der Waals surface area contributed by atoms with E-state index in [1.54, 1.807) is 19.4 Å². The van der Waals surface area contributed by atoms with Crippen LogP contribution < -0.4 is 20.3 Å². The van der Waals surface area contributed by atoms with Crippen LogP contribution in [0.3, 0.4) is 0 Å². The number of methoxy groups -OCH3 is 1. The molecule has 0 radical (unpaired) electrons. The van der Waals surface area contributed by atoms with Gasteiger partial charge in [-0.05, 0) is 67.9 Å². The minimum absolute atomic E-state index is 0.0939. The van der Waals surface area contributed by atoms with Crippen molar-refractivity contribution >= 4 is 40.5 Å². The standard InChI is InChI=1S/C30H32N6O3S/c1-20(2)35-14-15-36(28(37)19-35)23-8-5-7-22(17-23)33-30-31-13-12-25(34-30)26-10-11-27(40-26)29(38)32-18-21-6-4-9-24(16-21)39-3/h4-13,16-17,20H,14-15,18-19H2,1-3H3,(H,32,38)(H,31,33,34). The maximum Gasteiger partial charge on any atom is 0.261 e. The lowest BCUT2D eigenvalue weighted by Gasteiger charge is -2.36. The molecule has 0 bridgehead atoms. The van der Waals surface area contributed by atoms with Gasteiger partial charge in [0.15, 0.2) is 0 Å². The summed E-state index contributed by atoms with van der Waals surface area (Å²) >= 11 is 1.37. The average Bonchev–Trinajstić information content (AvgIpc) is 3.47. The molecule has 0 aliphatic carbocycles. The van der Waals surface area contributed by atoms with Crippen molar-refractivity contribution in [1.82, 2.24) is 20.2 Å². The first-order valence-corrected chi connectivity index (χ1v) is 14.0. The van der Waals surface area contributed by atoms with Gasteiger partial charge < -0.3 is 20.3 Å². The van der Waals surface area contributed by atoms with Crippen molar-refractivity contribution in [1.29, 1.82) is 0 Å². The molecule has 2 aromatic carbocycles. The van der Waals surface area contributed by atoms with Crippen LogP contribution in [0.2, 0.25) is 0 Å². The highest BCUT2D eigenvalue weighted by atomic mass is 32.1. The lowest BCUT2D eigenvalue weighted by molar-refractivity contribution is -0.121. The first-order valence-electron chi connectivity index (χ1n) is 13.2. The first kappa shape index (κ1) is 27.3. The summed E-state index contributed by atoms with van der Waals surface area (Å²) in [4.78, 5) is 40.0. The van der Waals surface area contributed by atoms with E-state index in [0.717, 1.165) is 34.1 Å². The van der Waals surface area contributed by atoms with Crippen LogP contribution in [-0.4, -0.2) is 59.5 Å². The highest BCUT2D eigenvalue weighted by Gasteiger charge is 2.26. The van der Waals surface area contributed by atoms with Crippen molar-refractivity contribution < 1.29 is 14.3 Å². The molecule has 0 atom stereocenters. The third-order valence-corrected chi connectivity index (χ3v) is 7.83. The highest BCUT2D eigenvalue weighted by Crippen LogP contribution is 2.28. The largest absolute Gasteiger partial charge is 0.497 e. The second-order valence-electron chi connectivity index (χ2n) is 9.75. The number of hydrogen-bond donors (Lipinski definition) is 2. The fourth-order valence-electron chi connectivity index (χ4n) is 4.49. The Morgan fingerprint density at radius 1 is 1.07 bits per heavy atom. The predicted molar refractivity (Wildman–Crippen MR) is 158 cm³/mol. The molecule has 9 nitrogen and oxygen atoms in total. The maximum atomic E-state index is 12.8. The molecule has 0 saturated carbocycles. The Kier molecular flexibility index (Phi) is 8.37. The number of carbonyl (C=O) groups excluding carboxylic acids is 2. The van der Waals surface area contributed by atoms with Gasteiger partial charge in [-0.25, -0.2) is 9.97 Å². The zero-order valence-electron chi connectivity index (χ0n) is 22.8. The Morgan fingerprint density at radius 3 is 2.73 bits per heavy atom. The minimum Gasteiger partial charge on any atom is -0.497 e. The van der Waals surface area contributed by atoms with E-state index in [9.17, 15) is 9.59 Å². The molecule has 1 fully saturated rings. The third kappa shape index (κ3) is 6.47. The van der Waals surface area contributed by atoms with Gasteiger partial charge in [0.1, 0.15) is 5.75 Å². The van der Waals surface area contributed by atoms with E-state index in [1.807, 2.05) is 65.6 Å². The van der Waals surface area contributed by atoms with Crippen molar-refractivity contribution in [3.63, 3.8) is 0 Å². The van der Waals surface area contributed by atoms with E-state index in [4.69, 9.17) is 4.74 Å². The van der Waals surface area contributed by atoms with Crippen LogP contribution in [0.25, 0.3) is 10.6 Å². The normalized spacial score (nSPS) is 13.9. The first-order chi connectivity index (χ1) is 19.4. The Morgan fingerprint density at radius 2 is 1.93 bits per heavy atom. The quantitative estimate of drug-likeness (QED) is 0.301. The van der Waals surface area contributed by atoms with Crippen LogP contribution in [0.1, 0.15) is 29.1 Å². The molecule has 0 unspecified atom stereocenters. The van der Waals surface area contributed by atoms with Crippen molar-refractivity contribution in [3.05, 3.63) is 83.4 Å². The summed E-state index contributed by atoms with van der Waals surface area (Å²) in [6.45, 7) is 6.54. The van der Waals surface area contributed by atoms with Gasteiger partial charge in [0.05, 0.1) is 29.1 Å². The second-order valence-corrected chi connectivity index (χ2v) is 10.8. The maximum absolute atomic E-state index is 12.8. The molecule has 10 heteroatoms. The summed E-state index contributed by atoms with van der Waals surface area (Å²) in [5, 5.41) is 6.22. The van der Waals surface area contributed by atoms with Gasteiger partial charge in [0.2, 0.25) is 11.9 Å². The SMILES string of the molecule is COc1cccc(CNC(=O)c2ccc(-c3ccnc(Nc4cccc(N5CCN(C(C)C)CC5=O)c4)n3)s2)c1. The monoisotopic (exact) mass is 556 g/mol. The van der Waals surface area contributed by atoms with Crippen LogP contribution >= 0.6 is 11.3 Å². The summed E-state index contributed by atoms with van der Waals surface area (Å²) in [5.41, 5.74) is 3.31. The molecule has 1 aliphatic heterocycles. The van der Waals surface area contributed by atoms with Gasteiger partial charge in [0, 0.05) is 43.2 Å². The van der Waals surface area contributed by atoms with Crippen molar-refractivity contribution in [2.24, 2.45) is 0 Å². The molecule has 4 aromatic rings. The Labute approximate surface area is 237 Å². The molecular formula is C30H32N6O3S. The lowest BCUT2D eigenvalue weighted by atomic mass is 10.2. The number of piperazine rings is 1. The van der Waals surface area contributed by atoms with Crippen molar-refractivity contribution in [2.45, 2.75) is 26.4 Å². The van der Waals surface area contributed by atoms with E-state index in [-0.39, 0.29) is 11.8 Å². The zero-order valence-corrected chi connectivity index (χ0v) is 23.6. The number of nitrogens with zero attached hydrogens (tertiary/aromatic N) is 4. The number of amides is 2. The number of carbonyl (C=O) groups is 2. The summed E-state index contributed by atoms with van der Waals surface area (Å²) in [6.07, 6.45) is 1.69. The van der Waals surface area contributed by atoms with E-state index in [2.05, 4.69) is 39.3 Å². The van der Waals surface area contributed by atoms with Gasteiger partial charge in [-0.1, -0.05) is 18.2 Å². The van der Waals surface area contributed by atoms with Crippen LogP contribution in [0.15, 0.2) is 72.9 Å². The van der Waals surface area contributed by atoms with Crippen LogP contribution in [0.4, 0.5) is 17.3 Å². The average molecular weight is 557 g/mol. The minimum atomic E-state index is -0.146. The van der Waals surface area contributed by atoms with Gasteiger partial charge >= 0.3 is 0 Å². The third-order valence-electron chi connectivity index (χ3n) is 6.72. The number of ether oxygens (including phenoxy) is 1. The highest BCUT2D eigenvalue weighted by molar-refractivity contribution is 7.17. The van der Waals surface area contributed by atoms with Crippen molar-refractivity contribution in [2.75, 3.05) is 37.0 Å². The lowest BCUT2D eigenvalue weighted by Crippen LogP contribution is -2.52. The molecule has 1 saturated heterocycles. The number of hydrogen-bond acceptors (Lipinski definition) is 8. The topological polar surface area (TPSA) is 99.7 Å². The van der Waals surface area contributed by atoms with E-state index >= 15 is 0 Å². The Hall–Kier alpha value is -4.28. The van der Waals surface area contributed by atoms with E-state index < -0.39 is 0 Å². The van der Waals surface area contributed by atoms with Gasteiger partial charge in [0.25, 0.3) is 5.91 Å². The molecular weight excluding hydrogens is 524 g/mol. The zero-order chi connectivity index (χ0) is 28.1. The number of nitrogens with one attached hydrogen (secondary N) is 2. The molecule has 5 rings (SSSR count). The Balaban J connectivity index is 1.23. The smallest absolute Gasteiger partial charge is 0.261 e. The van der Waals surface area contributed by atoms with Gasteiger partial charge in [-0.2, -0.15) is 0 Å². The predicted octanol–water partition coefficient (Wildman–Crippen LogP) is 4.94. The molecule has 0 spiro atoms. The fraction of sp³-hybridized carbons (Fsp3) is 0.267. The molecule has 2 aromatic heterocycles. The molecule has 2 amide bonds. The van der Waals surface area contributed by atoms with Gasteiger partial charge in [-0.3, -0.25) is 14.5 Å². The summed E-state index contributed by atoms with van der Waals surface area (Å²) in [5.74, 6) is 1.13. The number of rotatable bonds is 9. The molecule has 3 heterocycles. The summed E-state index contributed by atoms with van der Waals surface area (Å²) < 4.78 is 5.25. The number of benzene rings is 2. The molecule has 206 valence electrons. The fourth-order valence-corrected chi connectivity index (χ4v) is 5.38. The van der Waals surface area contributed by atoms with Crippen LogP contribution in [-0.2, 0) is 11.3 Å². The number of thiophene rings is 1. The summed E-state index contributed by atoms with van der Waals surface area (Å²) in [6, 6.07) is 21.2. The molecule has 2 N–H and O–H groups in total. The van der Waals surface area contributed by atoms with Crippen LogP contribution in [0.5, 0.6) is 5.75 Å². The Bertz CT molecular complexity index is 1500. The van der Waals surface area contributed by atoms with Crippen LogP contribution in [0, 0.1) is 0 Å². The molecule has 40 heavy (non-hydrogen) atoms. The second kappa shape index (κ2) is 12.3. The van der Waals surface area contributed by atoms with E-state index in [1.165, 1.54) is 11.3 Å². The van der Waals surface area contributed by atoms with E-state index in [0.29, 0.717) is 42.2 Å². The van der Waals surface area contributed by atoms with Crippen molar-refractivity contribution in [3.8, 4) is 16.3 Å². The summed E-state index contributed by atoms with van der Waals surface area (Å²) in [7, 11) is 1.62.